The molecule has 0 spiro atoms. The van der Waals surface area contributed by atoms with E-state index >= 15 is 0 Å². The Balaban J connectivity index is 2.72. The molecule has 16 heavy (non-hydrogen) atoms. The molecule has 3 N–H and O–H groups in total. The minimum Gasteiger partial charge on any atom is -0.395 e. The van der Waals surface area contributed by atoms with Gasteiger partial charge in [-0.05, 0) is 19.4 Å². The molecule has 1 rings (SSSR count). The summed E-state index contributed by atoms with van der Waals surface area (Å²) in [6.45, 7) is 4.07. The Labute approximate surface area is 94.8 Å². The van der Waals surface area contributed by atoms with Crippen molar-refractivity contribution in [3.05, 3.63) is 23.8 Å². The highest BCUT2D eigenvalue weighted by Gasteiger charge is 2.10. The maximum Gasteiger partial charge on any atom is 0.151 e. The Bertz CT molecular complexity index is 353. The van der Waals surface area contributed by atoms with Crippen molar-refractivity contribution in [3.8, 4) is 0 Å². The lowest BCUT2D eigenvalue weighted by molar-refractivity contribution is 0.585. The molecule has 2 nitrogen and oxygen atoms in total. The van der Waals surface area contributed by atoms with Crippen LogP contribution >= 0.6 is 0 Å². The number of nitrogens with two attached hydrogens (primary N) is 1. The van der Waals surface area contributed by atoms with Crippen molar-refractivity contribution >= 4 is 11.4 Å². The monoisotopic (exact) mass is 228 g/mol. The van der Waals surface area contributed by atoms with Gasteiger partial charge in [0.05, 0.1) is 11.4 Å². The van der Waals surface area contributed by atoms with Gasteiger partial charge in [0.15, 0.2) is 5.82 Å². The van der Waals surface area contributed by atoms with Gasteiger partial charge in [-0.1, -0.05) is 19.8 Å². The molecule has 1 aromatic rings. The van der Waals surface area contributed by atoms with Gasteiger partial charge in [-0.2, -0.15) is 0 Å². The van der Waals surface area contributed by atoms with E-state index in [9.17, 15) is 8.78 Å². The van der Waals surface area contributed by atoms with Crippen LogP contribution in [0.1, 0.15) is 33.1 Å². The Morgan fingerprint density at radius 3 is 2.69 bits per heavy atom. The fourth-order valence-electron chi connectivity index (χ4n) is 1.55. The first kappa shape index (κ1) is 12.7. The van der Waals surface area contributed by atoms with E-state index < -0.39 is 11.6 Å². The van der Waals surface area contributed by atoms with Crippen LogP contribution in [-0.2, 0) is 0 Å². The van der Waals surface area contributed by atoms with Gasteiger partial charge in [-0.3, -0.25) is 0 Å². The van der Waals surface area contributed by atoms with Gasteiger partial charge in [0.1, 0.15) is 5.82 Å². The molecule has 1 atom stereocenters. The molecule has 0 aliphatic carbocycles. The van der Waals surface area contributed by atoms with Gasteiger partial charge in [0.2, 0.25) is 0 Å². The summed E-state index contributed by atoms with van der Waals surface area (Å²) in [4.78, 5) is 0. The third-order valence-corrected chi connectivity index (χ3v) is 2.49. The molecule has 0 saturated heterocycles. The van der Waals surface area contributed by atoms with Crippen LogP contribution in [0.4, 0.5) is 20.2 Å². The van der Waals surface area contributed by atoms with Gasteiger partial charge in [0, 0.05) is 12.1 Å². The highest BCUT2D eigenvalue weighted by Crippen LogP contribution is 2.24. The van der Waals surface area contributed by atoms with Gasteiger partial charge in [-0.15, -0.1) is 0 Å². The van der Waals surface area contributed by atoms with Crippen molar-refractivity contribution in [3.63, 3.8) is 0 Å². The molecule has 0 fully saturated rings. The average molecular weight is 228 g/mol. The molecule has 0 heterocycles. The van der Waals surface area contributed by atoms with Crippen molar-refractivity contribution in [1.29, 1.82) is 0 Å². The van der Waals surface area contributed by atoms with Gasteiger partial charge >= 0.3 is 0 Å². The molecule has 90 valence electrons. The van der Waals surface area contributed by atoms with Crippen LogP contribution in [0.5, 0.6) is 0 Å². The zero-order chi connectivity index (χ0) is 12.1. The maximum atomic E-state index is 13.1. The fraction of sp³-hybridized carbons (Fsp3) is 0.500. The standard InChI is InChI=1S/C12H18F2N2/c1-3-4-5-8(2)16-11-7-9(13)6-10(14)12(11)15/h6-8,16H,3-5,15H2,1-2H3. The van der Waals surface area contributed by atoms with Gasteiger partial charge in [0.25, 0.3) is 0 Å². The summed E-state index contributed by atoms with van der Waals surface area (Å²) in [6, 6.07) is 2.17. The minimum atomic E-state index is -0.717. The topological polar surface area (TPSA) is 38.0 Å². The number of anilines is 2. The second-order valence-electron chi connectivity index (χ2n) is 4.04. The third-order valence-electron chi connectivity index (χ3n) is 2.49. The summed E-state index contributed by atoms with van der Waals surface area (Å²) in [5.41, 5.74) is 5.84. The molecule has 0 radical (unpaired) electrons. The first-order valence-corrected chi connectivity index (χ1v) is 5.55. The van der Waals surface area contributed by atoms with Gasteiger partial charge in [-0.25, -0.2) is 8.78 Å². The smallest absolute Gasteiger partial charge is 0.151 e. The molecule has 0 amide bonds. The number of benzene rings is 1. The summed E-state index contributed by atoms with van der Waals surface area (Å²) in [6.07, 6.45) is 3.12. The highest BCUT2D eigenvalue weighted by atomic mass is 19.1. The number of rotatable bonds is 5. The van der Waals surface area contributed by atoms with Gasteiger partial charge < -0.3 is 11.1 Å². The van der Waals surface area contributed by atoms with Crippen molar-refractivity contribution in [2.45, 2.75) is 39.2 Å². The molecular weight excluding hydrogens is 210 g/mol. The van der Waals surface area contributed by atoms with Crippen LogP contribution in [0, 0.1) is 11.6 Å². The lowest BCUT2D eigenvalue weighted by atomic mass is 10.1. The van der Waals surface area contributed by atoms with Crippen LogP contribution in [0.15, 0.2) is 12.1 Å². The third kappa shape index (κ3) is 3.36. The predicted octanol–water partition coefficient (Wildman–Crippen LogP) is 3.54. The van der Waals surface area contributed by atoms with E-state index in [-0.39, 0.29) is 11.7 Å². The Hall–Kier alpha value is -1.32. The fourth-order valence-corrected chi connectivity index (χ4v) is 1.55. The first-order chi connectivity index (χ1) is 7.54. The number of unbranched alkanes of at least 4 members (excludes halogenated alkanes) is 1. The number of halogens is 2. The highest BCUT2D eigenvalue weighted by molar-refractivity contribution is 5.67. The maximum absolute atomic E-state index is 13.1. The lowest BCUT2D eigenvalue weighted by Gasteiger charge is -2.16. The SMILES string of the molecule is CCCCC(C)Nc1cc(F)cc(F)c1N. The molecule has 0 aromatic heterocycles. The summed E-state index contributed by atoms with van der Waals surface area (Å²) in [7, 11) is 0. The Morgan fingerprint density at radius 2 is 2.06 bits per heavy atom. The van der Waals surface area contributed by atoms with Crippen molar-refractivity contribution in [1.82, 2.24) is 0 Å². The van der Waals surface area contributed by atoms with E-state index in [1.807, 2.05) is 6.92 Å². The lowest BCUT2D eigenvalue weighted by Crippen LogP contribution is -2.16. The number of hydrogen-bond acceptors (Lipinski definition) is 2. The predicted molar refractivity (Wildman–Crippen MR) is 63.4 cm³/mol. The van der Waals surface area contributed by atoms with E-state index in [0.29, 0.717) is 5.69 Å². The average Bonchev–Trinajstić information content (AvgIpc) is 2.22. The second kappa shape index (κ2) is 5.68. The first-order valence-electron chi connectivity index (χ1n) is 5.55. The molecule has 0 aliphatic rings. The molecule has 1 aromatic carbocycles. The minimum absolute atomic E-state index is 0.0234. The summed E-state index contributed by atoms with van der Waals surface area (Å²) in [5.74, 6) is -1.33. The van der Waals surface area contributed by atoms with Crippen LogP contribution in [0.3, 0.4) is 0 Å². The van der Waals surface area contributed by atoms with E-state index in [0.717, 1.165) is 25.3 Å². The van der Waals surface area contributed by atoms with E-state index in [1.54, 1.807) is 0 Å². The van der Waals surface area contributed by atoms with Crippen molar-refractivity contribution in [2.75, 3.05) is 11.1 Å². The molecule has 1 unspecified atom stereocenters. The number of nitrogens with one attached hydrogen (secondary N) is 1. The summed E-state index contributed by atoms with van der Waals surface area (Å²) >= 11 is 0. The Kier molecular flexibility index (Phi) is 4.52. The second-order valence-corrected chi connectivity index (χ2v) is 4.04. The van der Waals surface area contributed by atoms with Crippen molar-refractivity contribution in [2.24, 2.45) is 0 Å². The van der Waals surface area contributed by atoms with E-state index in [4.69, 9.17) is 5.73 Å². The molecule has 0 bridgehead atoms. The number of hydrogen-bond donors (Lipinski definition) is 2. The largest absolute Gasteiger partial charge is 0.395 e. The summed E-state index contributed by atoms with van der Waals surface area (Å²) < 4.78 is 26.1. The Morgan fingerprint density at radius 1 is 1.38 bits per heavy atom. The summed E-state index contributed by atoms with van der Waals surface area (Å²) in [5, 5.41) is 3.02. The van der Waals surface area contributed by atoms with E-state index in [1.165, 1.54) is 6.07 Å². The molecular formula is C12H18F2N2. The van der Waals surface area contributed by atoms with Crippen LogP contribution in [0.2, 0.25) is 0 Å². The number of nitrogen functional groups attached to an aromatic ring is 1. The normalized spacial score (nSPS) is 12.5. The molecule has 0 aliphatic heterocycles. The zero-order valence-corrected chi connectivity index (χ0v) is 9.69. The van der Waals surface area contributed by atoms with Crippen LogP contribution < -0.4 is 11.1 Å². The van der Waals surface area contributed by atoms with Crippen LogP contribution in [-0.4, -0.2) is 6.04 Å². The van der Waals surface area contributed by atoms with Crippen LogP contribution in [0.25, 0.3) is 0 Å². The quantitative estimate of drug-likeness (QED) is 0.756. The molecule has 0 saturated carbocycles. The van der Waals surface area contributed by atoms with Crippen molar-refractivity contribution < 1.29 is 8.78 Å². The molecule has 4 heteroatoms. The van der Waals surface area contributed by atoms with E-state index in [2.05, 4.69) is 12.2 Å². The zero-order valence-electron chi connectivity index (χ0n) is 9.69.